The summed E-state index contributed by atoms with van der Waals surface area (Å²) in [5.41, 5.74) is 2.04. The highest BCUT2D eigenvalue weighted by molar-refractivity contribution is 7.92. The van der Waals surface area contributed by atoms with E-state index < -0.39 is 28.5 Å². The first-order valence-corrected chi connectivity index (χ1v) is 13.6. The minimum absolute atomic E-state index is 0.0529. The number of rotatable bonds is 12. The van der Waals surface area contributed by atoms with Crippen molar-refractivity contribution in [1.82, 2.24) is 10.2 Å². The van der Waals surface area contributed by atoms with Crippen molar-refractivity contribution in [2.75, 3.05) is 30.8 Å². The molecule has 0 spiro atoms. The maximum Gasteiger partial charge on any atom is 0.244 e. The summed E-state index contributed by atoms with van der Waals surface area (Å²) in [4.78, 5) is 27.9. The van der Waals surface area contributed by atoms with E-state index in [-0.39, 0.29) is 18.4 Å². The molecule has 0 aromatic heterocycles. The van der Waals surface area contributed by atoms with Crippen LogP contribution < -0.4 is 14.4 Å². The summed E-state index contributed by atoms with van der Waals surface area (Å²) in [6.07, 6.45) is 1.84. The number of nitrogens with zero attached hydrogens (tertiary/aromatic N) is 2. The highest BCUT2D eigenvalue weighted by Crippen LogP contribution is 2.29. The van der Waals surface area contributed by atoms with E-state index in [2.05, 4.69) is 5.32 Å². The van der Waals surface area contributed by atoms with Crippen molar-refractivity contribution >= 4 is 27.5 Å². The SMILES string of the molecule is CCCNC(=O)[C@@H](C)N(Cc1cccc(OC)c1)C(=O)CN(c1ccccc1C(C)C)S(C)(=O)=O. The Balaban J connectivity index is 2.45. The molecule has 35 heavy (non-hydrogen) atoms. The number of hydrogen-bond acceptors (Lipinski definition) is 5. The number of carbonyl (C=O) groups is 2. The van der Waals surface area contributed by atoms with Gasteiger partial charge in [0.15, 0.2) is 0 Å². The molecule has 1 atom stereocenters. The summed E-state index contributed by atoms with van der Waals surface area (Å²) in [6.45, 7) is 7.72. The summed E-state index contributed by atoms with van der Waals surface area (Å²) >= 11 is 0. The molecule has 0 heterocycles. The second-order valence-corrected chi connectivity index (χ2v) is 10.7. The molecule has 2 rings (SSSR count). The van der Waals surface area contributed by atoms with Crippen LogP contribution in [0.3, 0.4) is 0 Å². The van der Waals surface area contributed by atoms with Crippen molar-refractivity contribution in [3.05, 3.63) is 59.7 Å². The third-order valence-corrected chi connectivity index (χ3v) is 6.84. The Hall–Kier alpha value is -3.07. The number of benzene rings is 2. The number of nitrogens with one attached hydrogen (secondary N) is 1. The molecule has 1 N–H and O–H groups in total. The van der Waals surface area contributed by atoms with Crippen LogP contribution in [-0.2, 0) is 26.2 Å². The Kier molecular flexibility index (Phi) is 10.1. The van der Waals surface area contributed by atoms with Gasteiger partial charge in [0.25, 0.3) is 0 Å². The van der Waals surface area contributed by atoms with Crippen LogP contribution in [0.15, 0.2) is 48.5 Å². The van der Waals surface area contributed by atoms with E-state index >= 15 is 0 Å². The molecule has 2 aromatic carbocycles. The van der Waals surface area contributed by atoms with Crippen molar-refractivity contribution in [2.45, 2.75) is 52.6 Å². The fourth-order valence-corrected chi connectivity index (χ4v) is 4.61. The smallest absolute Gasteiger partial charge is 0.244 e. The van der Waals surface area contributed by atoms with Gasteiger partial charge in [-0.2, -0.15) is 0 Å². The molecular weight excluding hydrogens is 466 g/mol. The first-order valence-electron chi connectivity index (χ1n) is 11.8. The first kappa shape index (κ1) is 28.2. The normalized spacial score (nSPS) is 12.2. The van der Waals surface area contributed by atoms with Gasteiger partial charge in [0.1, 0.15) is 18.3 Å². The molecule has 0 saturated carbocycles. The van der Waals surface area contributed by atoms with Crippen LogP contribution in [-0.4, -0.2) is 57.6 Å². The molecule has 0 saturated heterocycles. The van der Waals surface area contributed by atoms with Crippen LogP contribution in [0.25, 0.3) is 0 Å². The number of amides is 2. The molecule has 0 fully saturated rings. The Labute approximate surface area is 209 Å². The van der Waals surface area contributed by atoms with Crippen LogP contribution in [0, 0.1) is 0 Å². The van der Waals surface area contributed by atoms with E-state index in [9.17, 15) is 18.0 Å². The van der Waals surface area contributed by atoms with E-state index in [0.717, 1.165) is 28.1 Å². The van der Waals surface area contributed by atoms with Crippen LogP contribution in [0.4, 0.5) is 5.69 Å². The van der Waals surface area contributed by atoms with E-state index in [1.54, 1.807) is 44.4 Å². The van der Waals surface area contributed by atoms with E-state index in [1.165, 1.54) is 4.90 Å². The van der Waals surface area contributed by atoms with Crippen LogP contribution in [0.1, 0.15) is 51.2 Å². The number of ether oxygens (including phenoxy) is 1. The predicted molar refractivity (Wildman–Crippen MR) is 139 cm³/mol. The fraction of sp³-hybridized carbons (Fsp3) is 0.462. The monoisotopic (exact) mass is 503 g/mol. The standard InChI is InChI=1S/C26H37N3O5S/c1-7-15-27-26(31)20(4)28(17-21-11-10-12-22(16-21)34-5)25(30)18-29(35(6,32)33)24-14-9-8-13-23(24)19(2)3/h8-14,16,19-20H,7,15,17-18H2,1-6H3,(H,27,31)/t20-/m1/s1. The van der Waals surface area contributed by atoms with Crippen LogP contribution in [0.2, 0.25) is 0 Å². The number of anilines is 1. The highest BCUT2D eigenvalue weighted by Gasteiger charge is 2.31. The van der Waals surface area contributed by atoms with E-state index in [1.807, 2.05) is 39.0 Å². The summed E-state index contributed by atoms with van der Waals surface area (Å²) in [6, 6.07) is 13.6. The fourth-order valence-electron chi connectivity index (χ4n) is 3.74. The molecule has 8 nitrogen and oxygen atoms in total. The highest BCUT2D eigenvalue weighted by atomic mass is 32.2. The second kappa shape index (κ2) is 12.6. The average molecular weight is 504 g/mol. The van der Waals surface area contributed by atoms with Gasteiger partial charge in [-0.05, 0) is 48.6 Å². The number of methoxy groups -OCH3 is 1. The molecule has 0 aliphatic carbocycles. The van der Waals surface area contributed by atoms with Crippen molar-refractivity contribution in [3.63, 3.8) is 0 Å². The Morgan fingerprint density at radius 2 is 1.74 bits per heavy atom. The zero-order chi connectivity index (χ0) is 26.2. The third kappa shape index (κ3) is 7.71. The van der Waals surface area contributed by atoms with Gasteiger partial charge in [-0.25, -0.2) is 8.42 Å². The van der Waals surface area contributed by atoms with E-state index in [4.69, 9.17) is 4.74 Å². The van der Waals surface area contributed by atoms with Crippen LogP contribution >= 0.6 is 0 Å². The zero-order valence-electron chi connectivity index (χ0n) is 21.4. The Morgan fingerprint density at radius 3 is 2.34 bits per heavy atom. The third-order valence-electron chi connectivity index (χ3n) is 5.71. The molecule has 2 amide bonds. The largest absolute Gasteiger partial charge is 0.497 e. The van der Waals surface area contributed by atoms with Gasteiger partial charge in [-0.1, -0.05) is 51.1 Å². The number of para-hydroxylation sites is 1. The van der Waals surface area contributed by atoms with Gasteiger partial charge in [-0.15, -0.1) is 0 Å². The average Bonchev–Trinajstić information content (AvgIpc) is 2.83. The van der Waals surface area contributed by atoms with Crippen molar-refractivity contribution < 1.29 is 22.7 Å². The Morgan fingerprint density at radius 1 is 1.06 bits per heavy atom. The lowest BCUT2D eigenvalue weighted by atomic mass is 10.0. The molecular formula is C26H37N3O5S. The topological polar surface area (TPSA) is 96.0 Å². The lowest BCUT2D eigenvalue weighted by Crippen LogP contribution is -2.51. The lowest BCUT2D eigenvalue weighted by Gasteiger charge is -2.32. The number of hydrogen-bond donors (Lipinski definition) is 1. The molecule has 2 aromatic rings. The lowest BCUT2D eigenvalue weighted by molar-refractivity contribution is -0.139. The molecule has 0 radical (unpaired) electrons. The summed E-state index contributed by atoms with van der Waals surface area (Å²) < 4.78 is 32.0. The maximum atomic E-state index is 13.6. The number of carbonyl (C=O) groups excluding carboxylic acids is 2. The van der Waals surface area contributed by atoms with Crippen molar-refractivity contribution in [3.8, 4) is 5.75 Å². The quantitative estimate of drug-likeness (QED) is 0.478. The van der Waals surface area contributed by atoms with Gasteiger partial charge in [0, 0.05) is 13.1 Å². The minimum atomic E-state index is -3.78. The molecule has 0 aliphatic heterocycles. The van der Waals surface area contributed by atoms with Crippen LogP contribution in [0.5, 0.6) is 5.75 Å². The summed E-state index contributed by atoms with van der Waals surface area (Å²) in [5.74, 6) is -0.0914. The molecule has 192 valence electrons. The second-order valence-electron chi connectivity index (χ2n) is 8.82. The molecule has 0 bridgehead atoms. The first-order chi connectivity index (χ1) is 16.5. The van der Waals surface area contributed by atoms with Gasteiger partial charge in [0.2, 0.25) is 21.8 Å². The molecule has 9 heteroatoms. The zero-order valence-corrected chi connectivity index (χ0v) is 22.3. The van der Waals surface area contributed by atoms with E-state index in [0.29, 0.717) is 18.0 Å². The summed E-state index contributed by atoms with van der Waals surface area (Å²) in [5, 5.41) is 2.83. The maximum absolute atomic E-state index is 13.6. The predicted octanol–water partition coefficient (Wildman–Crippen LogP) is 3.53. The number of sulfonamides is 1. The molecule has 0 aliphatic rings. The van der Waals surface area contributed by atoms with Gasteiger partial charge in [0.05, 0.1) is 19.1 Å². The van der Waals surface area contributed by atoms with Gasteiger partial charge >= 0.3 is 0 Å². The minimum Gasteiger partial charge on any atom is -0.497 e. The van der Waals surface area contributed by atoms with Gasteiger partial charge < -0.3 is 15.0 Å². The van der Waals surface area contributed by atoms with Crippen molar-refractivity contribution in [1.29, 1.82) is 0 Å². The van der Waals surface area contributed by atoms with Gasteiger partial charge in [-0.3, -0.25) is 13.9 Å². The summed E-state index contributed by atoms with van der Waals surface area (Å²) in [7, 11) is -2.23. The molecule has 0 unspecified atom stereocenters. The van der Waals surface area contributed by atoms with Crippen molar-refractivity contribution in [2.24, 2.45) is 0 Å². The Bertz CT molecular complexity index is 1120.